The van der Waals surface area contributed by atoms with Crippen LogP contribution in [0, 0.1) is 6.92 Å². The van der Waals surface area contributed by atoms with Crippen LogP contribution < -0.4 is 5.32 Å². The Morgan fingerprint density at radius 3 is 3.04 bits per heavy atom. The number of amides is 1. The predicted molar refractivity (Wildman–Crippen MR) is 109 cm³/mol. The van der Waals surface area contributed by atoms with E-state index in [-0.39, 0.29) is 5.91 Å². The minimum Gasteiger partial charge on any atom is -0.351 e. The summed E-state index contributed by atoms with van der Waals surface area (Å²) in [5.41, 5.74) is 1.04. The summed E-state index contributed by atoms with van der Waals surface area (Å²) in [4.78, 5) is 18.8. The van der Waals surface area contributed by atoms with Gasteiger partial charge in [0.25, 0.3) is 0 Å². The number of unbranched alkanes of at least 4 members (excludes halogenated alkanes) is 1. The quantitative estimate of drug-likeness (QED) is 0.470. The maximum Gasteiger partial charge on any atom is 0.220 e. The summed E-state index contributed by atoms with van der Waals surface area (Å²) >= 11 is 3.38. The van der Waals surface area contributed by atoms with Crippen LogP contribution in [0.3, 0.4) is 0 Å². The lowest BCUT2D eigenvalue weighted by Crippen LogP contribution is -2.21. The summed E-state index contributed by atoms with van der Waals surface area (Å²) in [6, 6.07) is 4.18. The van der Waals surface area contributed by atoms with E-state index in [0.29, 0.717) is 13.0 Å². The number of carbonyl (C=O) groups excluding carboxylic acids is 1. The molecule has 1 aliphatic heterocycles. The van der Waals surface area contributed by atoms with Crippen LogP contribution in [-0.2, 0) is 11.3 Å². The number of nitrogens with zero attached hydrogens (tertiary/aromatic N) is 1. The molecule has 7 heteroatoms. The number of aryl methyl sites for hydroxylation is 1. The predicted octanol–water partition coefficient (Wildman–Crippen LogP) is 5.51. The number of thiophene rings is 1. The van der Waals surface area contributed by atoms with Crippen LogP contribution in [0.25, 0.3) is 10.6 Å². The van der Waals surface area contributed by atoms with Crippen LogP contribution in [0.4, 0.5) is 0 Å². The summed E-state index contributed by atoms with van der Waals surface area (Å²) < 4.78 is 0. The van der Waals surface area contributed by atoms with Gasteiger partial charge in [-0.25, -0.2) is 4.98 Å². The van der Waals surface area contributed by atoms with E-state index in [1.54, 1.807) is 22.7 Å². The lowest BCUT2D eigenvalue weighted by Gasteiger charge is -2.07. The highest BCUT2D eigenvalue weighted by atomic mass is 33.1. The first kappa shape index (κ1) is 18.3. The largest absolute Gasteiger partial charge is 0.351 e. The molecule has 3 heterocycles. The zero-order valence-electron chi connectivity index (χ0n) is 13.7. The number of hydrogen-bond acceptors (Lipinski definition) is 6. The molecule has 130 valence electrons. The monoisotopic (exact) mass is 398 g/mol. The van der Waals surface area contributed by atoms with Gasteiger partial charge >= 0.3 is 0 Å². The molecular weight excluding hydrogens is 376 g/mol. The molecule has 2 aromatic rings. The zero-order chi connectivity index (χ0) is 16.8. The molecular formula is C17H22N2OS4. The smallest absolute Gasteiger partial charge is 0.220 e. The van der Waals surface area contributed by atoms with E-state index < -0.39 is 0 Å². The van der Waals surface area contributed by atoms with Crippen molar-refractivity contribution in [2.45, 2.75) is 50.8 Å². The van der Waals surface area contributed by atoms with E-state index in [4.69, 9.17) is 0 Å². The fraction of sp³-hybridized carbons (Fsp3) is 0.529. The molecule has 1 atom stereocenters. The lowest BCUT2D eigenvalue weighted by molar-refractivity contribution is -0.121. The van der Waals surface area contributed by atoms with Crippen LogP contribution >= 0.6 is 44.3 Å². The van der Waals surface area contributed by atoms with Crippen molar-refractivity contribution in [3.63, 3.8) is 0 Å². The Balaban J connectivity index is 1.34. The van der Waals surface area contributed by atoms with Crippen molar-refractivity contribution in [2.75, 3.05) is 5.75 Å². The highest BCUT2D eigenvalue weighted by Gasteiger charge is 2.15. The van der Waals surface area contributed by atoms with Gasteiger partial charge in [0, 0.05) is 27.7 Å². The van der Waals surface area contributed by atoms with Crippen LogP contribution in [0.1, 0.15) is 42.0 Å². The zero-order valence-corrected chi connectivity index (χ0v) is 17.0. The van der Waals surface area contributed by atoms with Gasteiger partial charge in [-0.15, -0.1) is 22.7 Å². The number of hydrogen-bond donors (Lipinski definition) is 1. The minimum atomic E-state index is 0.169. The minimum absolute atomic E-state index is 0.169. The molecule has 0 radical (unpaired) electrons. The first-order valence-corrected chi connectivity index (χ1v) is 12.3. The molecule has 1 N–H and O–H groups in total. The summed E-state index contributed by atoms with van der Waals surface area (Å²) in [7, 11) is 4.01. The highest BCUT2D eigenvalue weighted by Crippen LogP contribution is 2.39. The first-order valence-electron chi connectivity index (χ1n) is 8.27. The molecule has 1 saturated heterocycles. The van der Waals surface area contributed by atoms with Crippen molar-refractivity contribution >= 4 is 50.2 Å². The maximum atomic E-state index is 12.0. The Labute approximate surface area is 159 Å². The van der Waals surface area contributed by atoms with E-state index in [0.717, 1.165) is 28.8 Å². The van der Waals surface area contributed by atoms with Gasteiger partial charge in [0.2, 0.25) is 5.91 Å². The summed E-state index contributed by atoms with van der Waals surface area (Å²) in [6.45, 7) is 2.65. The van der Waals surface area contributed by atoms with Crippen molar-refractivity contribution in [3.05, 3.63) is 27.4 Å². The normalized spacial score (nSPS) is 17.3. The van der Waals surface area contributed by atoms with E-state index >= 15 is 0 Å². The van der Waals surface area contributed by atoms with Crippen molar-refractivity contribution in [1.82, 2.24) is 10.3 Å². The van der Waals surface area contributed by atoms with Gasteiger partial charge in [-0.05, 0) is 38.3 Å². The van der Waals surface area contributed by atoms with Crippen LogP contribution in [0.5, 0.6) is 0 Å². The van der Waals surface area contributed by atoms with E-state index in [2.05, 4.69) is 27.8 Å². The number of aromatic nitrogens is 1. The Morgan fingerprint density at radius 1 is 1.38 bits per heavy atom. The average molecular weight is 399 g/mol. The topological polar surface area (TPSA) is 42.0 Å². The number of thiazole rings is 1. The molecule has 0 unspecified atom stereocenters. The van der Waals surface area contributed by atoms with Crippen molar-refractivity contribution in [1.29, 1.82) is 0 Å². The third-order valence-corrected chi connectivity index (χ3v) is 8.79. The van der Waals surface area contributed by atoms with E-state index in [9.17, 15) is 4.79 Å². The summed E-state index contributed by atoms with van der Waals surface area (Å²) in [6.07, 6.45) is 5.40. The Hall–Kier alpha value is -0.500. The van der Waals surface area contributed by atoms with Gasteiger partial charge in [-0.2, -0.15) is 0 Å². The van der Waals surface area contributed by atoms with Gasteiger partial charge in [0.15, 0.2) is 0 Å². The Morgan fingerprint density at radius 2 is 2.29 bits per heavy atom. The molecule has 1 aliphatic rings. The van der Waals surface area contributed by atoms with Crippen LogP contribution in [-0.4, -0.2) is 21.9 Å². The molecule has 2 aromatic heterocycles. The molecule has 24 heavy (non-hydrogen) atoms. The second-order valence-electron chi connectivity index (χ2n) is 5.87. The molecule has 0 aliphatic carbocycles. The van der Waals surface area contributed by atoms with Gasteiger partial charge in [-0.1, -0.05) is 28.0 Å². The Kier molecular flexibility index (Phi) is 7.06. The molecule has 1 amide bonds. The molecule has 0 bridgehead atoms. The van der Waals surface area contributed by atoms with Crippen LogP contribution in [0.2, 0.25) is 0 Å². The van der Waals surface area contributed by atoms with Gasteiger partial charge in [-0.3, -0.25) is 4.79 Å². The lowest BCUT2D eigenvalue weighted by atomic mass is 10.1. The molecule has 0 saturated carbocycles. The van der Waals surface area contributed by atoms with Crippen molar-refractivity contribution in [3.8, 4) is 10.6 Å². The average Bonchev–Trinajstić information content (AvgIpc) is 3.31. The van der Waals surface area contributed by atoms with Crippen LogP contribution in [0.15, 0.2) is 17.5 Å². The molecule has 0 spiro atoms. The van der Waals surface area contributed by atoms with Crippen molar-refractivity contribution in [2.24, 2.45) is 0 Å². The first-order chi connectivity index (χ1) is 11.7. The van der Waals surface area contributed by atoms with Gasteiger partial charge in [0.05, 0.1) is 22.1 Å². The number of nitrogens with one attached hydrogen (secondary N) is 1. The number of carbonyl (C=O) groups is 1. The second kappa shape index (κ2) is 9.27. The number of rotatable bonds is 8. The van der Waals surface area contributed by atoms with Crippen molar-refractivity contribution < 1.29 is 4.79 Å². The fourth-order valence-corrected chi connectivity index (χ4v) is 7.21. The van der Waals surface area contributed by atoms with E-state index in [1.807, 2.05) is 28.5 Å². The Bertz CT molecular complexity index is 661. The molecule has 3 rings (SSSR count). The molecule has 1 fully saturated rings. The molecule has 3 nitrogen and oxygen atoms in total. The van der Waals surface area contributed by atoms with Gasteiger partial charge in [0.1, 0.15) is 0 Å². The standard InChI is InChI=1S/C17H22N2OS4/c1-12-19-15(11-21-12)16-7-6-14(23-16)10-18-17(20)5-3-2-4-13-8-9-22-24-13/h6-7,11,13H,2-5,8-10H2,1H3,(H,18,20)/t13-/m0/s1. The fourth-order valence-electron chi connectivity index (χ4n) is 2.58. The van der Waals surface area contributed by atoms with Gasteiger partial charge < -0.3 is 5.32 Å². The maximum absolute atomic E-state index is 12.0. The highest BCUT2D eigenvalue weighted by molar-refractivity contribution is 8.77. The third-order valence-electron chi connectivity index (χ3n) is 3.90. The third kappa shape index (κ3) is 5.51. The SMILES string of the molecule is Cc1nc(-c2ccc(CNC(=O)CCCC[C@H]3CCSS3)s2)cs1. The molecule has 0 aromatic carbocycles. The summed E-state index contributed by atoms with van der Waals surface area (Å²) in [5, 5.41) is 7.03. The van der Waals surface area contributed by atoms with E-state index in [1.165, 1.54) is 28.3 Å². The summed E-state index contributed by atoms with van der Waals surface area (Å²) in [5.74, 6) is 1.46. The second-order valence-corrected chi connectivity index (χ2v) is 10.9.